The number of carbonyl (C=O) groups excluding carboxylic acids is 2. The number of hydrogen-bond donors (Lipinski definition) is 1. The number of nitrogens with zero attached hydrogens (tertiary/aromatic N) is 3. The van der Waals surface area contributed by atoms with Gasteiger partial charge in [-0.2, -0.15) is 0 Å². The van der Waals surface area contributed by atoms with Crippen molar-refractivity contribution in [2.75, 3.05) is 16.8 Å². The molecule has 0 bridgehead atoms. The molecule has 2 amide bonds. The van der Waals surface area contributed by atoms with E-state index in [-0.39, 0.29) is 16.6 Å². The molecule has 7 nitrogen and oxygen atoms in total. The molecule has 0 saturated heterocycles. The lowest BCUT2D eigenvalue weighted by Gasteiger charge is -2.27. The Morgan fingerprint density at radius 3 is 2.47 bits per heavy atom. The lowest BCUT2D eigenvalue weighted by atomic mass is 10.2. The smallest absolute Gasteiger partial charge is 0.414 e. The Balaban J connectivity index is 1.72. The van der Waals surface area contributed by atoms with Gasteiger partial charge < -0.3 is 10.1 Å². The van der Waals surface area contributed by atoms with Crippen molar-refractivity contribution < 1.29 is 14.3 Å². The Kier molecular flexibility index (Phi) is 7.43. The topological polar surface area (TPSA) is 84.4 Å². The highest BCUT2D eigenvalue weighted by Crippen LogP contribution is 2.20. The average Bonchev–Trinajstić information content (AvgIpc) is 2.74. The third kappa shape index (κ3) is 6.52. The Bertz CT molecular complexity index is 1080. The molecule has 166 valence electrons. The van der Waals surface area contributed by atoms with Gasteiger partial charge in [-0.05, 0) is 57.2 Å². The monoisotopic (exact) mass is 452 g/mol. The van der Waals surface area contributed by atoms with Crippen molar-refractivity contribution in [3.63, 3.8) is 0 Å². The van der Waals surface area contributed by atoms with Crippen LogP contribution in [-0.4, -0.2) is 34.1 Å². The van der Waals surface area contributed by atoms with E-state index in [0.717, 1.165) is 5.69 Å². The van der Waals surface area contributed by atoms with E-state index in [1.807, 2.05) is 51.1 Å². The summed E-state index contributed by atoms with van der Waals surface area (Å²) in [5.41, 5.74) is 1.69. The number of amides is 2. The Labute approximate surface area is 192 Å². The third-order valence-electron chi connectivity index (χ3n) is 4.35. The van der Waals surface area contributed by atoms with E-state index in [1.54, 1.807) is 35.4 Å². The molecule has 2 aromatic heterocycles. The van der Waals surface area contributed by atoms with E-state index in [9.17, 15) is 9.59 Å². The molecule has 3 aromatic rings. The highest BCUT2D eigenvalue weighted by atomic mass is 35.5. The number of benzene rings is 1. The minimum Gasteiger partial charge on any atom is -0.443 e. The second-order valence-electron chi connectivity index (χ2n) is 8.05. The van der Waals surface area contributed by atoms with Crippen molar-refractivity contribution in [1.82, 2.24) is 9.97 Å². The van der Waals surface area contributed by atoms with Crippen LogP contribution in [0.1, 0.15) is 36.8 Å². The first-order chi connectivity index (χ1) is 15.2. The van der Waals surface area contributed by atoms with E-state index in [2.05, 4.69) is 15.3 Å². The number of rotatable bonds is 6. The van der Waals surface area contributed by atoms with Crippen LogP contribution in [0, 0.1) is 0 Å². The van der Waals surface area contributed by atoms with Crippen LogP contribution in [0.25, 0.3) is 0 Å². The highest BCUT2D eigenvalue weighted by Gasteiger charge is 2.23. The van der Waals surface area contributed by atoms with Gasteiger partial charge in [-0.15, -0.1) is 0 Å². The van der Waals surface area contributed by atoms with Crippen LogP contribution in [0.4, 0.5) is 16.2 Å². The number of carbonyl (C=O) groups is 2. The molecule has 0 aliphatic heterocycles. The van der Waals surface area contributed by atoms with Crippen LogP contribution in [0.2, 0.25) is 5.15 Å². The van der Waals surface area contributed by atoms with Crippen LogP contribution >= 0.6 is 11.6 Å². The molecule has 1 N–H and O–H groups in total. The Morgan fingerprint density at radius 2 is 1.78 bits per heavy atom. The predicted molar refractivity (Wildman–Crippen MR) is 125 cm³/mol. The largest absolute Gasteiger partial charge is 0.443 e. The molecule has 0 fully saturated rings. The van der Waals surface area contributed by atoms with Crippen molar-refractivity contribution in [2.24, 2.45) is 0 Å². The molecule has 0 aliphatic rings. The summed E-state index contributed by atoms with van der Waals surface area (Å²) in [7, 11) is 0. The molecule has 1 aromatic carbocycles. The van der Waals surface area contributed by atoms with Crippen molar-refractivity contribution in [3.05, 3.63) is 83.4 Å². The number of halogens is 1. The summed E-state index contributed by atoms with van der Waals surface area (Å²) in [6.45, 7) is 5.85. The predicted octanol–water partition coefficient (Wildman–Crippen LogP) is 5.37. The summed E-state index contributed by atoms with van der Waals surface area (Å²) < 4.78 is 5.57. The fourth-order valence-corrected chi connectivity index (χ4v) is 3.13. The number of nitrogens with one attached hydrogen (secondary N) is 1. The molecule has 0 saturated carbocycles. The molecule has 8 heteroatoms. The maximum absolute atomic E-state index is 12.8. The van der Waals surface area contributed by atoms with E-state index in [0.29, 0.717) is 24.3 Å². The van der Waals surface area contributed by atoms with Crippen molar-refractivity contribution >= 4 is 35.0 Å². The Morgan fingerprint density at radius 1 is 1.03 bits per heavy atom. The van der Waals surface area contributed by atoms with Gasteiger partial charge in [0, 0.05) is 42.4 Å². The van der Waals surface area contributed by atoms with Gasteiger partial charge in [-0.3, -0.25) is 14.7 Å². The number of anilines is 2. The van der Waals surface area contributed by atoms with Crippen molar-refractivity contribution in [3.8, 4) is 0 Å². The second kappa shape index (κ2) is 10.2. The maximum atomic E-state index is 12.8. The lowest BCUT2D eigenvalue weighted by molar-refractivity contribution is 0.0580. The van der Waals surface area contributed by atoms with Gasteiger partial charge in [0.05, 0.1) is 5.56 Å². The number of aromatic nitrogens is 2. The van der Waals surface area contributed by atoms with Gasteiger partial charge in [-0.25, -0.2) is 9.78 Å². The molecular formula is C24H25ClN4O3. The van der Waals surface area contributed by atoms with Gasteiger partial charge in [0.1, 0.15) is 10.8 Å². The first kappa shape index (κ1) is 23.2. The first-order valence-electron chi connectivity index (χ1n) is 10.2. The SMILES string of the molecule is CC(C)(C)OC(=O)N(CCc1cc(NC(=O)c2cccnc2Cl)ccn1)c1ccccc1. The first-order valence-corrected chi connectivity index (χ1v) is 10.5. The van der Waals surface area contributed by atoms with E-state index in [1.165, 1.54) is 6.20 Å². The summed E-state index contributed by atoms with van der Waals surface area (Å²) in [5, 5.41) is 2.94. The minimum atomic E-state index is -0.611. The summed E-state index contributed by atoms with van der Waals surface area (Å²) in [5.74, 6) is -0.361. The highest BCUT2D eigenvalue weighted by molar-refractivity contribution is 6.33. The van der Waals surface area contributed by atoms with Crippen LogP contribution in [0.3, 0.4) is 0 Å². The number of pyridine rings is 2. The lowest BCUT2D eigenvalue weighted by Crippen LogP contribution is -2.38. The molecule has 0 atom stereocenters. The molecule has 0 aliphatic carbocycles. The van der Waals surface area contributed by atoms with E-state index in [4.69, 9.17) is 16.3 Å². The normalized spacial score (nSPS) is 11.0. The fraction of sp³-hybridized carbons (Fsp3) is 0.250. The molecule has 0 spiro atoms. The number of ether oxygens (including phenoxy) is 1. The average molecular weight is 453 g/mol. The van der Waals surface area contributed by atoms with Crippen LogP contribution in [0.5, 0.6) is 0 Å². The zero-order valence-corrected chi connectivity index (χ0v) is 19.0. The molecule has 0 radical (unpaired) electrons. The minimum absolute atomic E-state index is 0.134. The Hall–Kier alpha value is -3.45. The summed E-state index contributed by atoms with van der Waals surface area (Å²) in [6.07, 6.45) is 3.16. The van der Waals surface area contributed by atoms with Gasteiger partial charge in [-0.1, -0.05) is 29.8 Å². The van der Waals surface area contributed by atoms with E-state index < -0.39 is 11.7 Å². The number of para-hydroxylation sites is 1. The summed E-state index contributed by atoms with van der Waals surface area (Å²) in [6, 6.07) is 16.0. The quantitative estimate of drug-likeness (QED) is 0.508. The maximum Gasteiger partial charge on any atom is 0.414 e. The second-order valence-corrected chi connectivity index (χ2v) is 8.41. The van der Waals surface area contributed by atoms with Crippen LogP contribution < -0.4 is 10.2 Å². The zero-order chi connectivity index (χ0) is 23.1. The van der Waals surface area contributed by atoms with Gasteiger partial charge >= 0.3 is 6.09 Å². The third-order valence-corrected chi connectivity index (χ3v) is 4.65. The molecular weight excluding hydrogens is 428 g/mol. The van der Waals surface area contributed by atoms with Gasteiger partial charge in [0.2, 0.25) is 0 Å². The van der Waals surface area contributed by atoms with Crippen molar-refractivity contribution in [1.29, 1.82) is 0 Å². The standard InChI is InChI=1S/C24H25ClN4O3/c1-24(2,3)32-23(31)29(19-8-5-4-6-9-19)15-12-17-16-18(11-14-26-17)28-22(30)20-10-7-13-27-21(20)25/h4-11,13-14,16H,12,15H2,1-3H3,(H,26,28,30). The van der Waals surface area contributed by atoms with Crippen LogP contribution in [-0.2, 0) is 11.2 Å². The molecule has 32 heavy (non-hydrogen) atoms. The summed E-state index contributed by atoms with van der Waals surface area (Å²) in [4.78, 5) is 35.2. The van der Waals surface area contributed by atoms with Crippen molar-refractivity contribution in [2.45, 2.75) is 32.8 Å². The molecule has 2 heterocycles. The summed E-state index contributed by atoms with van der Waals surface area (Å²) >= 11 is 6.00. The van der Waals surface area contributed by atoms with Gasteiger partial charge in [0.25, 0.3) is 5.91 Å². The fourth-order valence-electron chi connectivity index (χ4n) is 2.92. The number of hydrogen-bond acceptors (Lipinski definition) is 5. The van der Waals surface area contributed by atoms with E-state index >= 15 is 0 Å². The molecule has 3 rings (SSSR count). The van der Waals surface area contributed by atoms with Gasteiger partial charge in [0.15, 0.2) is 0 Å². The van der Waals surface area contributed by atoms with Crippen LogP contribution in [0.15, 0.2) is 67.0 Å². The molecule has 0 unspecified atom stereocenters. The zero-order valence-electron chi connectivity index (χ0n) is 18.2.